The molecule has 5 heteroatoms. The fourth-order valence-electron chi connectivity index (χ4n) is 2.69. The summed E-state index contributed by atoms with van der Waals surface area (Å²) in [4.78, 5) is 8.93. The topological polar surface area (TPSA) is 56.3 Å². The fraction of sp³-hybridized carbons (Fsp3) is 0.143. The molecular formula is C21H19N3O2. The lowest BCUT2D eigenvalue weighted by Gasteiger charge is -2.09. The van der Waals surface area contributed by atoms with Crippen molar-refractivity contribution in [1.82, 2.24) is 9.97 Å². The molecule has 0 unspecified atom stereocenters. The Bertz CT molecular complexity index is 924. The van der Waals surface area contributed by atoms with Gasteiger partial charge in [-0.3, -0.25) is 0 Å². The first-order valence-electron chi connectivity index (χ1n) is 8.58. The predicted molar refractivity (Wildman–Crippen MR) is 102 cm³/mol. The lowest BCUT2D eigenvalue weighted by atomic mass is 10.1. The van der Waals surface area contributed by atoms with E-state index in [1.165, 1.54) is 0 Å². The van der Waals surface area contributed by atoms with Crippen LogP contribution in [0.4, 0.5) is 11.6 Å². The van der Waals surface area contributed by atoms with Gasteiger partial charge < -0.3 is 14.8 Å². The Morgan fingerprint density at radius 2 is 1.77 bits per heavy atom. The van der Waals surface area contributed by atoms with E-state index in [-0.39, 0.29) is 0 Å². The Kier molecular flexibility index (Phi) is 4.78. The number of hydrogen-bond acceptors (Lipinski definition) is 5. The average Bonchev–Trinajstić information content (AvgIpc) is 2.67. The molecule has 0 atom stereocenters. The van der Waals surface area contributed by atoms with Gasteiger partial charge in [-0.25, -0.2) is 9.97 Å². The van der Waals surface area contributed by atoms with E-state index in [0.717, 1.165) is 34.9 Å². The molecule has 1 aromatic heterocycles. The van der Waals surface area contributed by atoms with Gasteiger partial charge in [0, 0.05) is 23.5 Å². The van der Waals surface area contributed by atoms with Crippen LogP contribution in [0, 0.1) is 0 Å². The van der Waals surface area contributed by atoms with E-state index < -0.39 is 0 Å². The maximum atomic E-state index is 5.79. The molecular weight excluding hydrogens is 326 g/mol. The van der Waals surface area contributed by atoms with Gasteiger partial charge in [0.2, 0.25) is 5.95 Å². The number of rotatable bonds is 0. The third kappa shape index (κ3) is 4.00. The third-order valence-corrected chi connectivity index (χ3v) is 3.94. The molecule has 6 bridgehead atoms. The molecule has 130 valence electrons. The minimum Gasteiger partial charge on any atom is -0.493 e. The van der Waals surface area contributed by atoms with Crippen molar-refractivity contribution >= 4 is 11.6 Å². The minimum atomic E-state index is 0.523. The van der Waals surface area contributed by atoms with Gasteiger partial charge in [-0.2, -0.15) is 0 Å². The highest BCUT2D eigenvalue weighted by atomic mass is 16.5. The van der Waals surface area contributed by atoms with Gasteiger partial charge in [0.05, 0.1) is 12.3 Å². The van der Waals surface area contributed by atoms with Crippen LogP contribution in [0.15, 0.2) is 72.9 Å². The van der Waals surface area contributed by atoms with E-state index in [1.807, 2.05) is 60.7 Å². The van der Waals surface area contributed by atoms with E-state index in [9.17, 15) is 0 Å². The standard InChI is InChI=1S/C21H19N3O2/c1-2-12-25-18-8-4-6-16(14-18)20-10-11-22-21(24-20)23-17-7-5-9-19(15-17)26-13-3-1/h1-2,4-11,14-15H,3,12-13H2,(H,22,23,24)/b2-1+. The summed E-state index contributed by atoms with van der Waals surface area (Å²) in [6, 6.07) is 17.6. The average molecular weight is 345 g/mol. The first-order chi connectivity index (χ1) is 12.9. The Balaban J connectivity index is 1.70. The summed E-state index contributed by atoms with van der Waals surface area (Å²) in [5.74, 6) is 2.16. The lowest BCUT2D eigenvalue weighted by molar-refractivity contribution is 0.324. The molecule has 0 aliphatic carbocycles. The van der Waals surface area contributed by atoms with Crippen molar-refractivity contribution in [2.45, 2.75) is 6.42 Å². The predicted octanol–water partition coefficient (Wildman–Crippen LogP) is 4.60. The number of benzene rings is 2. The van der Waals surface area contributed by atoms with Crippen molar-refractivity contribution in [2.24, 2.45) is 0 Å². The van der Waals surface area contributed by atoms with Gasteiger partial charge in [0.15, 0.2) is 0 Å². The molecule has 0 amide bonds. The van der Waals surface area contributed by atoms with Crippen LogP contribution in [0.3, 0.4) is 0 Å². The molecule has 2 heterocycles. The van der Waals surface area contributed by atoms with Crippen LogP contribution in [-0.4, -0.2) is 23.2 Å². The van der Waals surface area contributed by atoms with Crippen LogP contribution < -0.4 is 14.8 Å². The summed E-state index contributed by atoms with van der Waals surface area (Å²) in [7, 11) is 0. The van der Waals surface area contributed by atoms with Crippen LogP contribution in [0.5, 0.6) is 11.5 Å². The van der Waals surface area contributed by atoms with Gasteiger partial charge in [0.25, 0.3) is 0 Å². The van der Waals surface area contributed by atoms with Crippen molar-refractivity contribution in [1.29, 1.82) is 0 Å². The molecule has 1 aliphatic heterocycles. The number of ether oxygens (including phenoxy) is 2. The molecule has 3 aromatic rings. The highest BCUT2D eigenvalue weighted by Crippen LogP contribution is 2.25. The molecule has 5 nitrogen and oxygen atoms in total. The largest absolute Gasteiger partial charge is 0.493 e. The molecule has 0 fully saturated rings. The summed E-state index contributed by atoms with van der Waals surface area (Å²) in [6.45, 7) is 1.14. The van der Waals surface area contributed by atoms with Gasteiger partial charge >= 0.3 is 0 Å². The van der Waals surface area contributed by atoms with Crippen LogP contribution in [0.25, 0.3) is 11.3 Å². The van der Waals surface area contributed by atoms with Crippen LogP contribution in [-0.2, 0) is 0 Å². The third-order valence-electron chi connectivity index (χ3n) is 3.94. The summed E-state index contributed by atoms with van der Waals surface area (Å²) in [5.41, 5.74) is 2.70. The van der Waals surface area contributed by atoms with Gasteiger partial charge in [-0.05, 0) is 36.8 Å². The minimum absolute atomic E-state index is 0.523. The summed E-state index contributed by atoms with van der Waals surface area (Å²) in [6.07, 6.45) is 6.65. The second-order valence-electron chi connectivity index (χ2n) is 5.87. The number of fused-ring (bicyclic) bond motifs is 7. The molecule has 26 heavy (non-hydrogen) atoms. The molecule has 0 radical (unpaired) electrons. The molecule has 0 saturated carbocycles. The lowest BCUT2D eigenvalue weighted by Crippen LogP contribution is -1.99. The summed E-state index contributed by atoms with van der Waals surface area (Å²) in [5, 5.41) is 3.24. The summed E-state index contributed by atoms with van der Waals surface area (Å²) < 4.78 is 11.6. The highest BCUT2D eigenvalue weighted by Gasteiger charge is 2.05. The first kappa shape index (κ1) is 16.1. The molecule has 4 rings (SSSR count). The van der Waals surface area contributed by atoms with Crippen LogP contribution in [0.2, 0.25) is 0 Å². The Morgan fingerprint density at radius 3 is 2.73 bits per heavy atom. The molecule has 1 aliphatic rings. The van der Waals surface area contributed by atoms with Gasteiger partial charge in [-0.15, -0.1) is 0 Å². The smallest absolute Gasteiger partial charge is 0.227 e. The van der Waals surface area contributed by atoms with Crippen LogP contribution in [0.1, 0.15) is 6.42 Å². The Hall–Kier alpha value is -3.34. The highest BCUT2D eigenvalue weighted by molar-refractivity contribution is 5.63. The monoisotopic (exact) mass is 345 g/mol. The number of nitrogens with zero attached hydrogens (tertiary/aromatic N) is 2. The molecule has 1 N–H and O–H groups in total. The number of hydrogen-bond donors (Lipinski definition) is 1. The van der Waals surface area contributed by atoms with Crippen molar-refractivity contribution in [3.05, 3.63) is 72.9 Å². The quantitative estimate of drug-likeness (QED) is 0.603. The van der Waals surface area contributed by atoms with Gasteiger partial charge in [0.1, 0.15) is 18.1 Å². The van der Waals surface area contributed by atoms with E-state index in [2.05, 4.69) is 21.4 Å². The molecule has 2 aromatic carbocycles. The number of nitrogens with one attached hydrogen (secondary N) is 1. The Morgan fingerprint density at radius 1 is 0.885 bits per heavy atom. The summed E-state index contributed by atoms with van der Waals surface area (Å²) >= 11 is 0. The Labute approximate surface area is 152 Å². The van der Waals surface area contributed by atoms with Crippen LogP contribution >= 0.6 is 0 Å². The van der Waals surface area contributed by atoms with E-state index >= 15 is 0 Å². The van der Waals surface area contributed by atoms with E-state index in [0.29, 0.717) is 19.2 Å². The van der Waals surface area contributed by atoms with Gasteiger partial charge in [-0.1, -0.05) is 30.4 Å². The molecule has 0 spiro atoms. The number of anilines is 2. The normalized spacial score (nSPS) is 14.9. The van der Waals surface area contributed by atoms with Crippen molar-refractivity contribution < 1.29 is 9.47 Å². The second-order valence-corrected chi connectivity index (χ2v) is 5.87. The SMILES string of the molecule is C1=C/COc2cccc(c2)-c2ccnc(n2)Nc2cccc(c2)OCC/1. The zero-order chi connectivity index (χ0) is 17.6. The first-order valence-corrected chi connectivity index (χ1v) is 8.58. The zero-order valence-electron chi connectivity index (χ0n) is 14.3. The maximum absolute atomic E-state index is 5.79. The van der Waals surface area contributed by atoms with Crippen molar-refractivity contribution in [3.8, 4) is 22.8 Å². The van der Waals surface area contributed by atoms with Crippen molar-refractivity contribution in [3.63, 3.8) is 0 Å². The van der Waals surface area contributed by atoms with E-state index in [1.54, 1.807) is 6.20 Å². The zero-order valence-corrected chi connectivity index (χ0v) is 14.3. The van der Waals surface area contributed by atoms with E-state index in [4.69, 9.17) is 9.47 Å². The van der Waals surface area contributed by atoms with Crippen molar-refractivity contribution in [2.75, 3.05) is 18.5 Å². The maximum Gasteiger partial charge on any atom is 0.227 e. The molecule has 0 saturated heterocycles. The fourth-order valence-corrected chi connectivity index (χ4v) is 2.69. The second kappa shape index (κ2) is 7.70. The number of aromatic nitrogens is 2.